The lowest BCUT2D eigenvalue weighted by Crippen LogP contribution is -2.31. The first-order valence-electron chi connectivity index (χ1n) is 11.4. The Balaban J connectivity index is 1.50. The SMILES string of the molecule is CCC(C)C1=CC(c2ccnc(C(=O)Nc3cccc(C(=N)N(C=N)C4CC4)c3)c2)=CNC1. The summed E-state index contributed by atoms with van der Waals surface area (Å²) in [6.07, 6.45) is 10.1. The summed E-state index contributed by atoms with van der Waals surface area (Å²) >= 11 is 0. The van der Waals surface area contributed by atoms with Gasteiger partial charge in [-0.1, -0.05) is 32.1 Å². The van der Waals surface area contributed by atoms with Crippen molar-refractivity contribution in [3.05, 3.63) is 77.3 Å². The predicted octanol–water partition coefficient (Wildman–Crippen LogP) is 4.65. The van der Waals surface area contributed by atoms with Gasteiger partial charge in [-0.3, -0.25) is 20.6 Å². The summed E-state index contributed by atoms with van der Waals surface area (Å²) < 4.78 is 0. The number of amides is 1. The zero-order valence-electron chi connectivity index (χ0n) is 19.1. The molecule has 0 bridgehead atoms. The third-order valence-corrected chi connectivity index (χ3v) is 6.21. The largest absolute Gasteiger partial charge is 0.387 e. The highest BCUT2D eigenvalue weighted by atomic mass is 16.1. The van der Waals surface area contributed by atoms with E-state index in [-0.39, 0.29) is 17.8 Å². The Morgan fingerprint density at radius 2 is 2.15 bits per heavy atom. The van der Waals surface area contributed by atoms with Crippen molar-refractivity contribution in [1.82, 2.24) is 15.2 Å². The highest BCUT2D eigenvalue weighted by Gasteiger charge is 2.30. The third kappa shape index (κ3) is 5.19. The molecule has 7 nitrogen and oxygen atoms in total. The summed E-state index contributed by atoms with van der Waals surface area (Å²) in [7, 11) is 0. The molecule has 1 aliphatic carbocycles. The number of hydrogen-bond acceptors (Lipinski definition) is 5. The molecule has 1 aliphatic heterocycles. The van der Waals surface area contributed by atoms with E-state index in [9.17, 15) is 4.79 Å². The van der Waals surface area contributed by atoms with E-state index >= 15 is 0 Å². The molecule has 2 aliphatic rings. The number of anilines is 1. The number of carbonyl (C=O) groups excluding carboxylic acids is 1. The molecule has 4 N–H and O–H groups in total. The van der Waals surface area contributed by atoms with E-state index < -0.39 is 0 Å². The fourth-order valence-electron chi connectivity index (χ4n) is 3.84. The van der Waals surface area contributed by atoms with E-state index in [2.05, 4.69) is 35.5 Å². The molecule has 7 heteroatoms. The number of aromatic nitrogens is 1. The average Bonchev–Trinajstić information content (AvgIpc) is 3.69. The second-order valence-electron chi connectivity index (χ2n) is 8.59. The van der Waals surface area contributed by atoms with Crippen molar-refractivity contribution in [2.24, 2.45) is 5.92 Å². The fraction of sp³-hybridized carbons (Fsp3) is 0.308. The number of dihydropyridines is 1. The van der Waals surface area contributed by atoms with Gasteiger partial charge in [-0.25, -0.2) is 0 Å². The molecule has 1 aromatic heterocycles. The first kappa shape index (κ1) is 22.5. The number of pyridine rings is 1. The monoisotopic (exact) mass is 442 g/mol. The summed E-state index contributed by atoms with van der Waals surface area (Å²) in [5, 5.41) is 22.3. The Kier molecular flexibility index (Phi) is 6.68. The summed E-state index contributed by atoms with van der Waals surface area (Å²) in [4.78, 5) is 18.9. The molecular weight excluding hydrogens is 412 g/mol. The van der Waals surface area contributed by atoms with Crippen LogP contribution in [0.1, 0.15) is 54.7 Å². The van der Waals surface area contributed by atoms with Crippen LogP contribution in [0.25, 0.3) is 5.57 Å². The average molecular weight is 443 g/mol. The van der Waals surface area contributed by atoms with Crippen molar-refractivity contribution >= 4 is 29.3 Å². The van der Waals surface area contributed by atoms with Gasteiger partial charge >= 0.3 is 0 Å². The third-order valence-electron chi connectivity index (χ3n) is 6.21. The van der Waals surface area contributed by atoms with E-state index in [0.717, 1.165) is 36.9 Å². The van der Waals surface area contributed by atoms with Gasteiger partial charge in [0.05, 0.1) is 6.34 Å². The van der Waals surface area contributed by atoms with E-state index in [1.807, 2.05) is 18.3 Å². The van der Waals surface area contributed by atoms with Crippen LogP contribution in [0.5, 0.6) is 0 Å². The molecule has 0 spiro atoms. The highest BCUT2D eigenvalue weighted by molar-refractivity contribution is 6.06. The maximum absolute atomic E-state index is 12.9. The van der Waals surface area contributed by atoms with Gasteiger partial charge in [0, 0.05) is 36.2 Å². The van der Waals surface area contributed by atoms with Crippen molar-refractivity contribution in [2.45, 2.75) is 39.2 Å². The number of allylic oxidation sites excluding steroid dienone is 2. The molecule has 1 saturated carbocycles. The molecule has 4 rings (SSSR count). The second-order valence-corrected chi connectivity index (χ2v) is 8.59. The highest BCUT2D eigenvalue weighted by Crippen LogP contribution is 2.28. The summed E-state index contributed by atoms with van der Waals surface area (Å²) in [6.45, 7) is 5.25. The molecule has 1 aromatic carbocycles. The van der Waals surface area contributed by atoms with Gasteiger partial charge in [0.25, 0.3) is 5.91 Å². The quantitative estimate of drug-likeness (QED) is 0.353. The Hall–Kier alpha value is -3.74. The lowest BCUT2D eigenvalue weighted by Gasteiger charge is -2.20. The van der Waals surface area contributed by atoms with Crippen LogP contribution in [-0.2, 0) is 0 Å². The Bertz CT molecular complexity index is 1130. The minimum absolute atomic E-state index is 0.235. The molecule has 0 saturated heterocycles. The standard InChI is InChI=1S/C26H30N6O/c1-3-17(2)20-11-21(15-29-14-20)18-9-10-30-24(13-18)26(33)31-22-6-4-5-19(12-22)25(28)32(16-27)23-7-8-23/h4-6,9-13,15-17,23,27-29H,3,7-8,14H2,1-2H3,(H,31,33). The van der Waals surface area contributed by atoms with Crippen LogP contribution in [0.2, 0.25) is 0 Å². The maximum atomic E-state index is 12.9. The van der Waals surface area contributed by atoms with Crippen molar-refractivity contribution in [2.75, 3.05) is 11.9 Å². The molecular formula is C26H30N6O. The summed E-state index contributed by atoms with van der Waals surface area (Å²) in [5.74, 6) is 0.465. The Morgan fingerprint density at radius 3 is 2.88 bits per heavy atom. The Labute approximate surface area is 194 Å². The number of amidine groups is 1. The number of nitrogens with one attached hydrogen (secondary N) is 4. The van der Waals surface area contributed by atoms with Gasteiger partial charge in [-0.05, 0) is 66.2 Å². The normalized spacial score (nSPS) is 16.1. The molecule has 0 radical (unpaired) electrons. The fourth-order valence-corrected chi connectivity index (χ4v) is 3.84. The molecule has 1 fully saturated rings. The number of nitrogens with zero attached hydrogens (tertiary/aromatic N) is 2. The van der Waals surface area contributed by atoms with Gasteiger partial charge in [-0.2, -0.15) is 0 Å². The molecule has 1 unspecified atom stereocenters. The zero-order valence-corrected chi connectivity index (χ0v) is 19.1. The summed E-state index contributed by atoms with van der Waals surface area (Å²) in [6, 6.07) is 11.1. The van der Waals surface area contributed by atoms with Crippen LogP contribution >= 0.6 is 0 Å². The molecule has 33 heavy (non-hydrogen) atoms. The van der Waals surface area contributed by atoms with Gasteiger partial charge < -0.3 is 15.5 Å². The van der Waals surface area contributed by atoms with E-state index in [4.69, 9.17) is 10.8 Å². The molecule has 2 heterocycles. The van der Waals surface area contributed by atoms with E-state index in [1.165, 1.54) is 11.9 Å². The van der Waals surface area contributed by atoms with E-state index in [1.54, 1.807) is 35.4 Å². The smallest absolute Gasteiger partial charge is 0.274 e. The lowest BCUT2D eigenvalue weighted by atomic mass is 9.92. The van der Waals surface area contributed by atoms with Crippen LogP contribution in [0.3, 0.4) is 0 Å². The van der Waals surface area contributed by atoms with Crippen molar-refractivity contribution in [1.29, 1.82) is 10.8 Å². The number of benzene rings is 1. The van der Waals surface area contributed by atoms with Gasteiger partial charge in [0.15, 0.2) is 0 Å². The van der Waals surface area contributed by atoms with E-state index in [0.29, 0.717) is 22.9 Å². The zero-order chi connectivity index (χ0) is 23.4. The number of hydrogen-bond donors (Lipinski definition) is 4. The van der Waals surface area contributed by atoms with Crippen LogP contribution in [0.4, 0.5) is 5.69 Å². The van der Waals surface area contributed by atoms with Crippen LogP contribution in [-0.4, -0.2) is 40.6 Å². The molecule has 2 aromatic rings. The topological polar surface area (TPSA) is 105 Å². The summed E-state index contributed by atoms with van der Waals surface area (Å²) in [5.41, 5.74) is 4.90. The number of carbonyl (C=O) groups is 1. The van der Waals surface area contributed by atoms with Crippen molar-refractivity contribution in [3.8, 4) is 0 Å². The molecule has 1 amide bonds. The lowest BCUT2D eigenvalue weighted by molar-refractivity contribution is 0.102. The van der Waals surface area contributed by atoms with Crippen molar-refractivity contribution in [3.63, 3.8) is 0 Å². The predicted molar refractivity (Wildman–Crippen MR) is 133 cm³/mol. The van der Waals surface area contributed by atoms with Crippen molar-refractivity contribution < 1.29 is 4.79 Å². The minimum atomic E-state index is -0.304. The van der Waals surface area contributed by atoms with Crippen LogP contribution in [0, 0.1) is 16.7 Å². The van der Waals surface area contributed by atoms with Gasteiger partial charge in [-0.15, -0.1) is 0 Å². The van der Waals surface area contributed by atoms with Crippen LogP contribution in [0.15, 0.2) is 60.4 Å². The minimum Gasteiger partial charge on any atom is -0.387 e. The molecule has 170 valence electrons. The second kappa shape index (κ2) is 9.81. The number of rotatable bonds is 8. The maximum Gasteiger partial charge on any atom is 0.274 e. The van der Waals surface area contributed by atoms with Gasteiger partial charge in [0.1, 0.15) is 11.5 Å². The molecule has 1 atom stereocenters. The van der Waals surface area contributed by atoms with Gasteiger partial charge in [0.2, 0.25) is 0 Å². The first-order valence-corrected chi connectivity index (χ1v) is 11.4. The van der Waals surface area contributed by atoms with Crippen LogP contribution < -0.4 is 10.6 Å². The Morgan fingerprint density at radius 1 is 1.33 bits per heavy atom. The first-order chi connectivity index (χ1) is 16.0.